The van der Waals surface area contributed by atoms with Crippen LogP contribution < -0.4 is 0 Å². The number of unbranched alkanes of at least 4 members (excludes halogenated alkanes) is 24. The zero-order valence-electron chi connectivity index (χ0n) is 48.8. The third-order valence-electron chi connectivity index (χ3n) is 12.9. The van der Waals surface area contributed by atoms with Crippen molar-refractivity contribution in [3.8, 4) is 0 Å². The molecule has 0 aliphatic carbocycles. The van der Waals surface area contributed by atoms with E-state index >= 15 is 0 Å². The first-order valence-corrected chi connectivity index (χ1v) is 31.0. The maximum atomic E-state index is 12.9. The second kappa shape index (κ2) is 62.4. The molecular formula is C69H114O6. The van der Waals surface area contributed by atoms with E-state index in [1.54, 1.807) is 0 Å². The van der Waals surface area contributed by atoms with Gasteiger partial charge in [0.25, 0.3) is 0 Å². The second-order valence-electron chi connectivity index (χ2n) is 20.2. The van der Waals surface area contributed by atoms with Gasteiger partial charge in [0.1, 0.15) is 13.2 Å². The molecule has 0 N–H and O–H groups in total. The molecule has 6 heteroatoms. The van der Waals surface area contributed by atoms with Crippen LogP contribution in [0.15, 0.2) is 122 Å². The van der Waals surface area contributed by atoms with Gasteiger partial charge in [0.15, 0.2) is 6.10 Å². The number of hydrogen-bond donors (Lipinski definition) is 0. The van der Waals surface area contributed by atoms with E-state index in [9.17, 15) is 14.4 Å². The third kappa shape index (κ3) is 60.6. The first kappa shape index (κ1) is 70.8. The SMILES string of the molecule is CC/C=C\C/C=C\C/C=C\C/C=C\C/C=C\C/C=C\CCCCCCCCCCC(=O)OCC(COC(=O)CCCCCCC/C=C\CCCCCCCC)OC(=O)CCCCCCC/C=C\C/C=C\C/C=C\CC. The van der Waals surface area contributed by atoms with Gasteiger partial charge in [-0.3, -0.25) is 14.4 Å². The molecule has 0 saturated carbocycles. The van der Waals surface area contributed by atoms with Crippen LogP contribution in [0.4, 0.5) is 0 Å². The van der Waals surface area contributed by atoms with E-state index in [0.717, 1.165) is 148 Å². The van der Waals surface area contributed by atoms with Gasteiger partial charge in [0, 0.05) is 19.3 Å². The fourth-order valence-electron chi connectivity index (χ4n) is 8.34. The molecule has 426 valence electrons. The molecule has 75 heavy (non-hydrogen) atoms. The Kier molecular flexibility index (Phi) is 58.9. The maximum absolute atomic E-state index is 12.9. The average Bonchev–Trinajstić information content (AvgIpc) is 3.41. The lowest BCUT2D eigenvalue weighted by atomic mass is 10.1. The second-order valence-corrected chi connectivity index (χ2v) is 20.2. The molecule has 0 heterocycles. The van der Waals surface area contributed by atoms with E-state index in [2.05, 4.69) is 142 Å². The average molecular weight is 1040 g/mol. The van der Waals surface area contributed by atoms with Crippen LogP contribution in [0.1, 0.15) is 278 Å². The van der Waals surface area contributed by atoms with Crippen LogP contribution in [0.25, 0.3) is 0 Å². The fraction of sp³-hybridized carbons (Fsp3) is 0.667. The van der Waals surface area contributed by atoms with Crippen LogP contribution in [0.2, 0.25) is 0 Å². The largest absolute Gasteiger partial charge is 0.462 e. The summed E-state index contributed by atoms with van der Waals surface area (Å²) in [6.07, 6.45) is 86.2. The highest BCUT2D eigenvalue weighted by molar-refractivity contribution is 5.71. The van der Waals surface area contributed by atoms with Gasteiger partial charge in [-0.25, -0.2) is 0 Å². The minimum atomic E-state index is -0.798. The molecule has 0 saturated heterocycles. The van der Waals surface area contributed by atoms with Crippen molar-refractivity contribution in [1.82, 2.24) is 0 Å². The van der Waals surface area contributed by atoms with Gasteiger partial charge in [-0.15, -0.1) is 0 Å². The van der Waals surface area contributed by atoms with Crippen molar-refractivity contribution in [1.29, 1.82) is 0 Å². The van der Waals surface area contributed by atoms with Crippen molar-refractivity contribution in [3.05, 3.63) is 122 Å². The molecule has 1 unspecified atom stereocenters. The zero-order valence-corrected chi connectivity index (χ0v) is 48.8. The Morgan fingerprint density at radius 3 is 0.827 bits per heavy atom. The van der Waals surface area contributed by atoms with E-state index in [1.165, 1.54) is 89.9 Å². The number of allylic oxidation sites excluding steroid dienone is 20. The van der Waals surface area contributed by atoms with E-state index in [4.69, 9.17) is 14.2 Å². The highest BCUT2D eigenvalue weighted by atomic mass is 16.6. The highest BCUT2D eigenvalue weighted by Gasteiger charge is 2.19. The lowest BCUT2D eigenvalue weighted by Crippen LogP contribution is -2.30. The summed E-state index contributed by atoms with van der Waals surface area (Å²) in [6.45, 7) is 6.39. The van der Waals surface area contributed by atoms with Crippen LogP contribution in [0.3, 0.4) is 0 Å². The molecule has 0 aliphatic rings. The van der Waals surface area contributed by atoms with Crippen molar-refractivity contribution in [2.75, 3.05) is 13.2 Å². The quantitative estimate of drug-likeness (QED) is 0.0261. The maximum Gasteiger partial charge on any atom is 0.306 e. The monoisotopic (exact) mass is 1040 g/mol. The Hall–Kier alpha value is -4.19. The molecule has 0 rings (SSSR count). The summed E-state index contributed by atoms with van der Waals surface area (Å²) in [5, 5.41) is 0. The Balaban J connectivity index is 4.37. The summed E-state index contributed by atoms with van der Waals surface area (Å²) in [6, 6.07) is 0. The predicted octanol–water partition coefficient (Wildman–Crippen LogP) is 21.2. The fourth-order valence-corrected chi connectivity index (χ4v) is 8.34. The van der Waals surface area contributed by atoms with Crippen molar-refractivity contribution in [2.45, 2.75) is 284 Å². The molecule has 0 aliphatic heterocycles. The number of carbonyl (C=O) groups is 3. The number of ether oxygens (including phenoxy) is 3. The molecular weight excluding hydrogens is 925 g/mol. The van der Waals surface area contributed by atoms with Gasteiger partial charge < -0.3 is 14.2 Å². The topological polar surface area (TPSA) is 78.9 Å². The highest BCUT2D eigenvalue weighted by Crippen LogP contribution is 2.15. The van der Waals surface area contributed by atoms with E-state index in [0.29, 0.717) is 19.3 Å². The van der Waals surface area contributed by atoms with Crippen LogP contribution in [-0.2, 0) is 28.6 Å². The number of carbonyl (C=O) groups excluding carboxylic acids is 3. The Bertz CT molecular complexity index is 1570. The molecule has 0 radical (unpaired) electrons. The predicted molar refractivity (Wildman–Crippen MR) is 325 cm³/mol. The summed E-state index contributed by atoms with van der Waals surface area (Å²) in [5.41, 5.74) is 0. The molecule has 0 bridgehead atoms. The first-order valence-electron chi connectivity index (χ1n) is 31.0. The number of esters is 3. The van der Waals surface area contributed by atoms with E-state index < -0.39 is 6.10 Å². The van der Waals surface area contributed by atoms with Gasteiger partial charge in [-0.2, -0.15) is 0 Å². The molecule has 1 atom stereocenters. The molecule has 0 amide bonds. The molecule has 0 fully saturated rings. The summed E-state index contributed by atoms with van der Waals surface area (Å²) >= 11 is 0. The van der Waals surface area contributed by atoms with Crippen molar-refractivity contribution in [2.24, 2.45) is 0 Å². The molecule has 0 spiro atoms. The van der Waals surface area contributed by atoms with Crippen molar-refractivity contribution in [3.63, 3.8) is 0 Å². The van der Waals surface area contributed by atoms with Crippen LogP contribution >= 0.6 is 0 Å². The lowest BCUT2D eigenvalue weighted by molar-refractivity contribution is -0.167. The lowest BCUT2D eigenvalue weighted by Gasteiger charge is -2.18. The molecule has 0 aromatic rings. The standard InChI is InChI=1S/C69H114O6/c1-4-7-10-13-16-19-22-25-28-29-30-31-32-33-34-35-36-37-38-39-42-44-47-50-53-56-59-62-68(71)74-65-66(75-69(72)63-60-57-54-51-48-45-41-27-24-21-18-15-12-9-6-3)64-73-67(70)61-58-55-52-49-46-43-40-26-23-20-17-14-11-8-5-2/h7,9-10,12,16,18-19,21,25-28,30-31,33-34,36-37,40-41,66H,4-6,8,11,13-15,17,20,22-24,29,32,35,38-39,42-65H2,1-3H3/b10-7-,12-9-,19-16-,21-18-,28-25-,31-30-,34-33-,37-36-,40-26-,41-27-. The molecule has 6 nitrogen and oxygen atoms in total. The summed E-state index contributed by atoms with van der Waals surface area (Å²) in [5.74, 6) is -0.925. The smallest absolute Gasteiger partial charge is 0.306 e. The van der Waals surface area contributed by atoms with Gasteiger partial charge in [-0.05, 0) is 128 Å². The number of hydrogen-bond acceptors (Lipinski definition) is 6. The first-order chi connectivity index (χ1) is 37.0. The Labute approximate surface area is 462 Å². The van der Waals surface area contributed by atoms with Crippen LogP contribution in [0.5, 0.6) is 0 Å². The van der Waals surface area contributed by atoms with Crippen molar-refractivity contribution < 1.29 is 28.6 Å². The zero-order chi connectivity index (χ0) is 54.3. The van der Waals surface area contributed by atoms with Gasteiger partial charge >= 0.3 is 17.9 Å². The summed E-state index contributed by atoms with van der Waals surface area (Å²) in [4.78, 5) is 38.3. The van der Waals surface area contributed by atoms with Gasteiger partial charge in [0.05, 0.1) is 0 Å². The van der Waals surface area contributed by atoms with Crippen LogP contribution in [0, 0.1) is 0 Å². The number of rotatable bonds is 55. The molecule has 0 aromatic heterocycles. The normalized spacial score (nSPS) is 12.9. The Morgan fingerprint density at radius 1 is 0.280 bits per heavy atom. The minimum Gasteiger partial charge on any atom is -0.462 e. The molecule has 0 aromatic carbocycles. The summed E-state index contributed by atoms with van der Waals surface area (Å²) in [7, 11) is 0. The summed E-state index contributed by atoms with van der Waals surface area (Å²) < 4.78 is 16.9. The van der Waals surface area contributed by atoms with E-state index in [-0.39, 0.29) is 31.1 Å². The third-order valence-corrected chi connectivity index (χ3v) is 12.9. The van der Waals surface area contributed by atoms with Crippen LogP contribution in [-0.4, -0.2) is 37.2 Å². The minimum absolute atomic E-state index is 0.0937. The van der Waals surface area contributed by atoms with Gasteiger partial charge in [-0.1, -0.05) is 251 Å². The van der Waals surface area contributed by atoms with Gasteiger partial charge in [0.2, 0.25) is 0 Å². The van der Waals surface area contributed by atoms with Crippen molar-refractivity contribution >= 4 is 17.9 Å². The Morgan fingerprint density at radius 2 is 0.520 bits per heavy atom. The van der Waals surface area contributed by atoms with E-state index in [1.807, 2.05) is 0 Å².